The smallest absolute Gasteiger partial charge is 0.266 e. The van der Waals surface area contributed by atoms with Crippen molar-refractivity contribution >= 4 is 45.9 Å². The molecule has 0 atom stereocenters. The number of aromatic nitrogens is 2. The number of thiocarbonyl (C=S) groups is 1. The van der Waals surface area contributed by atoms with Gasteiger partial charge < -0.3 is 10.1 Å². The number of hydrogen-bond donors (Lipinski definition) is 3. The van der Waals surface area contributed by atoms with Gasteiger partial charge in [0.25, 0.3) is 5.56 Å². The van der Waals surface area contributed by atoms with E-state index in [-0.39, 0.29) is 17.2 Å². The lowest BCUT2D eigenvalue weighted by atomic mass is 10.2. The molecule has 156 valence electrons. The van der Waals surface area contributed by atoms with Crippen LogP contribution in [0.3, 0.4) is 0 Å². The third kappa shape index (κ3) is 5.08. The van der Waals surface area contributed by atoms with Crippen molar-refractivity contribution in [2.45, 2.75) is 12.1 Å². The van der Waals surface area contributed by atoms with Crippen molar-refractivity contribution in [3.8, 4) is 11.4 Å². The fourth-order valence-electron chi connectivity index (χ4n) is 2.67. The molecular formula is C20H21N5O3S2. The van der Waals surface area contributed by atoms with Gasteiger partial charge in [0, 0.05) is 6.54 Å². The van der Waals surface area contributed by atoms with Crippen molar-refractivity contribution in [2.75, 3.05) is 19.4 Å². The summed E-state index contributed by atoms with van der Waals surface area (Å²) in [5.74, 6) is 0.420. The second kappa shape index (κ2) is 10.1. The highest BCUT2D eigenvalue weighted by molar-refractivity contribution is 7.99. The molecule has 0 radical (unpaired) electrons. The molecule has 1 amide bonds. The molecule has 30 heavy (non-hydrogen) atoms. The summed E-state index contributed by atoms with van der Waals surface area (Å²) in [6, 6.07) is 14.2. The van der Waals surface area contributed by atoms with Crippen molar-refractivity contribution in [1.29, 1.82) is 0 Å². The number of benzene rings is 2. The first-order valence-corrected chi connectivity index (χ1v) is 10.5. The number of amides is 1. The maximum absolute atomic E-state index is 13.2. The molecule has 0 aliphatic heterocycles. The number of para-hydroxylation sites is 1. The van der Waals surface area contributed by atoms with Gasteiger partial charge in [-0.3, -0.25) is 25.0 Å². The fraction of sp³-hybridized carbons (Fsp3) is 0.200. The van der Waals surface area contributed by atoms with E-state index in [4.69, 9.17) is 17.0 Å². The molecule has 3 aromatic rings. The third-order valence-corrected chi connectivity index (χ3v) is 5.25. The van der Waals surface area contributed by atoms with Gasteiger partial charge in [0.1, 0.15) is 5.75 Å². The number of fused-ring (bicyclic) bond motifs is 1. The summed E-state index contributed by atoms with van der Waals surface area (Å²) in [7, 11) is 1.58. The van der Waals surface area contributed by atoms with Crippen molar-refractivity contribution in [2.24, 2.45) is 0 Å². The highest BCUT2D eigenvalue weighted by Gasteiger charge is 2.15. The van der Waals surface area contributed by atoms with Crippen LogP contribution in [-0.2, 0) is 4.79 Å². The monoisotopic (exact) mass is 443 g/mol. The minimum absolute atomic E-state index is 0.0443. The van der Waals surface area contributed by atoms with Gasteiger partial charge in [-0.25, -0.2) is 4.98 Å². The average molecular weight is 444 g/mol. The largest absolute Gasteiger partial charge is 0.497 e. The van der Waals surface area contributed by atoms with Crippen molar-refractivity contribution in [1.82, 2.24) is 25.7 Å². The molecule has 0 saturated carbocycles. The lowest BCUT2D eigenvalue weighted by Crippen LogP contribution is -2.47. The summed E-state index contributed by atoms with van der Waals surface area (Å²) in [6.07, 6.45) is 0. The lowest BCUT2D eigenvalue weighted by Gasteiger charge is -2.14. The minimum Gasteiger partial charge on any atom is -0.497 e. The van der Waals surface area contributed by atoms with E-state index in [0.717, 1.165) is 11.8 Å². The van der Waals surface area contributed by atoms with Gasteiger partial charge in [-0.2, -0.15) is 0 Å². The lowest BCUT2D eigenvalue weighted by molar-refractivity contribution is -0.119. The van der Waals surface area contributed by atoms with Crippen LogP contribution in [0.25, 0.3) is 16.6 Å². The molecular weight excluding hydrogens is 422 g/mol. The number of rotatable bonds is 6. The van der Waals surface area contributed by atoms with Crippen LogP contribution >= 0.6 is 24.0 Å². The summed E-state index contributed by atoms with van der Waals surface area (Å²) in [6.45, 7) is 2.54. The Kier molecular flexibility index (Phi) is 7.26. The van der Waals surface area contributed by atoms with Crippen LogP contribution in [0.15, 0.2) is 58.5 Å². The number of thioether (sulfide) groups is 1. The van der Waals surface area contributed by atoms with Crippen molar-refractivity contribution in [3.05, 3.63) is 58.9 Å². The quantitative estimate of drug-likeness (QED) is 0.230. The predicted molar refractivity (Wildman–Crippen MR) is 122 cm³/mol. The number of ether oxygens (including phenoxy) is 1. The van der Waals surface area contributed by atoms with E-state index >= 15 is 0 Å². The second-order valence-electron chi connectivity index (χ2n) is 6.07. The van der Waals surface area contributed by atoms with Crippen LogP contribution < -0.4 is 26.5 Å². The number of nitrogens with one attached hydrogen (secondary N) is 3. The topological polar surface area (TPSA) is 97.3 Å². The Hall–Kier alpha value is -3.11. The molecule has 0 spiro atoms. The predicted octanol–water partition coefficient (Wildman–Crippen LogP) is 2.00. The van der Waals surface area contributed by atoms with Crippen molar-refractivity contribution in [3.63, 3.8) is 0 Å². The second-order valence-corrected chi connectivity index (χ2v) is 7.42. The molecule has 0 aliphatic rings. The van der Waals surface area contributed by atoms with Crippen LogP contribution in [0, 0.1) is 0 Å². The molecule has 10 heteroatoms. The summed E-state index contributed by atoms with van der Waals surface area (Å²) < 4.78 is 6.69. The first kappa shape index (κ1) is 21.6. The van der Waals surface area contributed by atoms with Gasteiger partial charge in [-0.1, -0.05) is 23.9 Å². The molecule has 0 saturated heterocycles. The maximum Gasteiger partial charge on any atom is 0.266 e. The van der Waals surface area contributed by atoms with Gasteiger partial charge in [0.05, 0.1) is 29.5 Å². The number of nitrogens with zero attached hydrogens (tertiary/aromatic N) is 2. The number of methoxy groups -OCH3 is 1. The molecule has 0 unspecified atom stereocenters. The van der Waals surface area contributed by atoms with Gasteiger partial charge in [0.15, 0.2) is 10.3 Å². The number of carbonyl (C=O) groups is 1. The summed E-state index contributed by atoms with van der Waals surface area (Å²) >= 11 is 6.17. The summed E-state index contributed by atoms with van der Waals surface area (Å²) in [4.78, 5) is 30.0. The molecule has 0 bridgehead atoms. The molecule has 3 N–H and O–H groups in total. The number of hydrogen-bond acceptors (Lipinski definition) is 6. The SMILES string of the molecule is CCNC(=S)NNC(=O)CSc1nc2ccccc2c(=O)n1-c1ccc(OC)cc1. The van der Waals surface area contributed by atoms with Gasteiger partial charge in [-0.15, -0.1) is 0 Å². The molecule has 0 fully saturated rings. The first-order chi connectivity index (χ1) is 14.5. The normalized spacial score (nSPS) is 10.5. The van der Waals surface area contributed by atoms with E-state index < -0.39 is 0 Å². The van der Waals surface area contributed by atoms with Crippen LogP contribution in [0.5, 0.6) is 5.75 Å². The van der Waals surface area contributed by atoms with E-state index in [9.17, 15) is 9.59 Å². The molecule has 1 heterocycles. The van der Waals surface area contributed by atoms with E-state index in [1.54, 1.807) is 49.6 Å². The summed E-state index contributed by atoms with van der Waals surface area (Å²) in [5.41, 5.74) is 6.14. The maximum atomic E-state index is 13.2. The zero-order valence-electron chi connectivity index (χ0n) is 16.5. The Morgan fingerprint density at radius 2 is 1.90 bits per heavy atom. The average Bonchev–Trinajstić information content (AvgIpc) is 2.77. The number of hydrazine groups is 1. The Bertz CT molecular complexity index is 1120. The standard InChI is InChI=1S/C20H21N5O3S2/c1-3-21-19(29)24-23-17(26)12-30-20-22-16-7-5-4-6-15(16)18(27)25(20)13-8-10-14(28-2)11-9-13/h4-11H,3,12H2,1-2H3,(H,23,26)(H2,21,24,29). The Morgan fingerprint density at radius 3 is 2.60 bits per heavy atom. The van der Waals surface area contributed by atoms with E-state index in [1.165, 1.54) is 4.57 Å². The molecule has 1 aromatic heterocycles. The first-order valence-electron chi connectivity index (χ1n) is 9.15. The third-order valence-electron chi connectivity index (χ3n) is 4.06. The highest BCUT2D eigenvalue weighted by Crippen LogP contribution is 2.22. The van der Waals surface area contributed by atoms with Gasteiger partial charge in [-0.05, 0) is 55.5 Å². The van der Waals surface area contributed by atoms with E-state index in [1.807, 2.05) is 13.0 Å². The number of carbonyl (C=O) groups excluding carboxylic acids is 1. The Balaban J connectivity index is 1.89. The van der Waals surface area contributed by atoms with Gasteiger partial charge in [0.2, 0.25) is 5.91 Å². The fourth-order valence-corrected chi connectivity index (χ4v) is 3.67. The van der Waals surface area contributed by atoms with Gasteiger partial charge >= 0.3 is 0 Å². The molecule has 2 aromatic carbocycles. The zero-order valence-corrected chi connectivity index (χ0v) is 18.1. The Morgan fingerprint density at radius 1 is 1.17 bits per heavy atom. The molecule has 0 aliphatic carbocycles. The van der Waals surface area contributed by atoms with E-state index in [2.05, 4.69) is 21.2 Å². The molecule has 3 rings (SSSR count). The zero-order chi connectivity index (χ0) is 21.5. The minimum atomic E-state index is -0.302. The Labute approximate surface area is 183 Å². The van der Waals surface area contributed by atoms with E-state index in [0.29, 0.717) is 39.2 Å². The van der Waals surface area contributed by atoms with Crippen LogP contribution in [0.4, 0.5) is 0 Å². The highest BCUT2D eigenvalue weighted by atomic mass is 32.2. The summed E-state index contributed by atoms with van der Waals surface area (Å²) in [5, 5.41) is 4.11. The van der Waals surface area contributed by atoms with Crippen molar-refractivity contribution < 1.29 is 9.53 Å². The van der Waals surface area contributed by atoms with Crippen LogP contribution in [0.2, 0.25) is 0 Å². The van der Waals surface area contributed by atoms with Crippen LogP contribution in [-0.4, -0.2) is 40.0 Å². The molecule has 8 nitrogen and oxygen atoms in total. The van der Waals surface area contributed by atoms with Crippen LogP contribution in [0.1, 0.15) is 6.92 Å².